The molecule has 0 bridgehead atoms. The molecule has 1 aromatic carbocycles. The number of aromatic nitrogens is 1. The monoisotopic (exact) mass is 349 g/mol. The number of carbonyl (C=O) groups excluding carboxylic acids is 1. The maximum absolute atomic E-state index is 12.1. The summed E-state index contributed by atoms with van der Waals surface area (Å²) in [5.41, 5.74) is 1.28. The molecule has 5 nitrogen and oxygen atoms in total. The van der Waals surface area contributed by atoms with Crippen LogP contribution in [-0.2, 0) is 22.7 Å². The Kier molecular flexibility index (Phi) is 6.01. The van der Waals surface area contributed by atoms with Crippen LogP contribution < -0.4 is 0 Å². The standard InChI is InChI=1S/C18H20ClNO4/c19-16-4-2-1-3-14(16)11-23-12-15-9-17(20-24-15)18(21)6-5-13-7-8-22-10-13/h1-4,9,13H,5-8,10-12H2. The van der Waals surface area contributed by atoms with Crippen LogP contribution in [0.25, 0.3) is 0 Å². The molecule has 1 aliphatic heterocycles. The number of hydrogen-bond acceptors (Lipinski definition) is 5. The molecule has 128 valence electrons. The maximum Gasteiger partial charge on any atom is 0.184 e. The van der Waals surface area contributed by atoms with Crippen LogP contribution in [0.5, 0.6) is 0 Å². The second-order valence-electron chi connectivity index (χ2n) is 5.95. The van der Waals surface area contributed by atoms with Gasteiger partial charge in [-0.1, -0.05) is 35.0 Å². The highest BCUT2D eigenvalue weighted by atomic mass is 35.5. The summed E-state index contributed by atoms with van der Waals surface area (Å²) >= 11 is 6.07. The first-order chi connectivity index (χ1) is 11.7. The van der Waals surface area contributed by atoms with Crippen LogP contribution in [0.4, 0.5) is 0 Å². The number of Topliss-reactive ketones (excluding diaryl/α,β-unsaturated/α-hetero) is 1. The van der Waals surface area contributed by atoms with Gasteiger partial charge in [-0.15, -0.1) is 0 Å². The van der Waals surface area contributed by atoms with E-state index >= 15 is 0 Å². The number of ether oxygens (including phenoxy) is 2. The molecule has 0 N–H and O–H groups in total. The molecule has 3 rings (SSSR count). The Hall–Kier alpha value is -1.69. The second-order valence-corrected chi connectivity index (χ2v) is 6.36. The third-order valence-electron chi connectivity index (χ3n) is 4.11. The molecular formula is C18H20ClNO4. The van der Waals surface area contributed by atoms with E-state index in [0.29, 0.717) is 35.4 Å². The van der Waals surface area contributed by atoms with Gasteiger partial charge in [-0.05, 0) is 30.4 Å². The molecule has 0 spiro atoms. The van der Waals surface area contributed by atoms with E-state index in [4.69, 9.17) is 25.6 Å². The molecule has 0 saturated carbocycles. The largest absolute Gasteiger partial charge is 0.381 e. The number of nitrogens with zero attached hydrogens (tertiary/aromatic N) is 1. The fourth-order valence-corrected chi connectivity index (χ4v) is 2.85. The van der Waals surface area contributed by atoms with Gasteiger partial charge >= 0.3 is 0 Å². The van der Waals surface area contributed by atoms with E-state index in [-0.39, 0.29) is 12.4 Å². The van der Waals surface area contributed by atoms with Crippen molar-refractivity contribution in [3.63, 3.8) is 0 Å². The molecule has 2 heterocycles. The van der Waals surface area contributed by atoms with Gasteiger partial charge in [0, 0.05) is 30.7 Å². The zero-order valence-electron chi connectivity index (χ0n) is 13.4. The van der Waals surface area contributed by atoms with Gasteiger partial charge in [-0.3, -0.25) is 4.79 Å². The Morgan fingerprint density at radius 3 is 3.00 bits per heavy atom. The smallest absolute Gasteiger partial charge is 0.184 e. The van der Waals surface area contributed by atoms with Gasteiger partial charge in [-0.2, -0.15) is 0 Å². The van der Waals surface area contributed by atoms with Gasteiger partial charge < -0.3 is 14.0 Å². The van der Waals surface area contributed by atoms with E-state index in [2.05, 4.69) is 5.16 Å². The molecule has 1 fully saturated rings. The Morgan fingerprint density at radius 1 is 1.33 bits per heavy atom. The quantitative estimate of drug-likeness (QED) is 0.673. The minimum Gasteiger partial charge on any atom is -0.381 e. The molecule has 1 atom stereocenters. The molecule has 24 heavy (non-hydrogen) atoms. The van der Waals surface area contributed by atoms with Gasteiger partial charge in [-0.25, -0.2) is 0 Å². The first kappa shape index (κ1) is 17.1. The lowest BCUT2D eigenvalue weighted by atomic mass is 10.00. The van der Waals surface area contributed by atoms with Gasteiger partial charge in [0.25, 0.3) is 0 Å². The van der Waals surface area contributed by atoms with Crippen molar-refractivity contribution in [3.8, 4) is 0 Å². The Morgan fingerprint density at radius 2 is 2.21 bits per heavy atom. The molecule has 0 aliphatic carbocycles. The fraction of sp³-hybridized carbons (Fsp3) is 0.444. The minimum atomic E-state index is 0.00278. The summed E-state index contributed by atoms with van der Waals surface area (Å²) in [7, 11) is 0. The van der Waals surface area contributed by atoms with Crippen molar-refractivity contribution >= 4 is 17.4 Å². The van der Waals surface area contributed by atoms with E-state index < -0.39 is 0 Å². The summed E-state index contributed by atoms with van der Waals surface area (Å²) < 4.78 is 16.1. The Labute approximate surface area is 145 Å². The predicted molar refractivity (Wildman–Crippen MR) is 88.9 cm³/mol. The molecule has 1 saturated heterocycles. The van der Waals surface area contributed by atoms with Crippen LogP contribution in [-0.4, -0.2) is 24.2 Å². The number of benzene rings is 1. The van der Waals surface area contributed by atoms with Gasteiger partial charge in [0.05, 0.1) is 6.61 Å². The molecular weight excluding hydrogens is 330 g/mol. The molecule has 0 amide bonds. The highest BCUT2D eigenvalue weighted by Crippen LogP contribution is 2.20. The third-order valence-corrected chi connectivity index (χ3v) is 4.48. The second kappa shape index (κ2) is 8.42. The van der Waals surface area contributed by atoms with Crippen molar-refractivity contribution in [1.29, 1.82) is 0 Å². The van der Waals surface area contributed by atoms with E-state index in [9.17, 15) is 4.79 Å². The van der Waals surface area contributed by atoms with Crippen molar-refractivity contribution in [1.82, 2.24) is 5.16 Å². The molecule has 0 radical (unpaired) electrons. The van der Waals surface area contributed by atoms with Crippen LogP contribution in [0.1, 0.15) is 41.1 Å². The number of ketones is 1. The van der Waals surface area contributed by atoms with Crippen molar-refractivity contribution < 1.29 is 18.8 Å². The first-order valence-corrected chi connectivity index (χ1v) is 8.48. The maximum atomic E-state index is 12.1. The van der Waals surface area contributed by atoms with E-state index in [0.717, 1.165) is 31.6 Å². The zero-order valence-corrected chi connectivity index (χ0v) is 14.1. The van der Waals surface area contributed by atoms with E-state index in [1.807, 2.05) is 24.3 Å². The summed E-state index contributed by atoms with van der Waals surface area (Å²) in [6.07, 6.45) is 2.34. The van der Waals surface area contributed by atoms with E-state index in [1.54, 1.807) is 6.07 Å². The predicted octanol–water partition coefficient (Wildman–Crippen LogP) is 4.04. The number of rotatable bonds is 8. The number of halogens is 1. The van der Waals surface area contributed by atoms with Crippen molar-refractivity contribution in [2.24, 2.45) is 5.92 Å². The van der Waals surface area contributed by atoms with Crippen molar-refractivity contribution in [2.75, 3.05) is 13.2 Å². The molecule has 1 aromatic heterocycles. The first-order valence-electron chi connectivity index (χ1n) is 8.10. The fourth-order valence-electron chi connectivity index (χ4n) is 2.66. The van der Waals surface area contributed by atoms with Crippen LogP contribution in [0.2, 0.25) is 5.02 Å². The molecule has 6 heteroatoms. The lowest BCUT2D eigenvalue weighted by Crippen LogP contribution is -2.05. The van der Waals surface area contributed by atoms with Crippen LogP contribution in [0.15, 0.2) is 34.9 Å². The van der Waals surface area contributed by atoms with Crippen LogP contribution >= 0.6 is 11.6 Å². The Bertz CT molecular complexity index is 679. The summed E-state index contributed by atoms with van der Waals surface area (Å²) in [4.78, 5) is 12.1. The van der Waals surface area contributed by atoms with E-state index in [1.165, 1.54) is 0 Å². The average molecular weight is 350 g/mol. The number of carbonyl (C=O) groups is 1. The van der Waals surface area contributed by atoms with Gasteiger partial charge in [0.1, 0.15) is 12.3 Å². The Balaban J connectivity index is 1.44. The third kappa shape index (κ3) is 4.66. The SMILES string of the molecule is O=C(CCC1CCOC1)c1cc(COCc2ccccc2Cl)on1. The highest BCUT2D eigenvalue weighted by Gasteiger charge is 2.19. The normalized spacial score (nSPS) is 17.3. The molecule has 1 aliphatic rings. The lowest BCUT2D eigenvalue weighted by Gasteiger charge is -2.04. The number of hydrogen-bond donors (Lipinski definition) is 0. The molecule has 2 aromatic rings. The van der Waals surface area contributed by atoms with Gasteiger partial charge in [0.15, 0.2) is 11.5 Å². The lowest BCUT2D eigenvalue weighted by molar-refractivity contribution is 0.0879. The van der Waals surface area contributed by atoms with Crippen molar-refractivity contribution in [3.05, 3.63) is 52.4 Å². The molecule has 1 unspecified atom stereocenters. The summed E-state index contributed by atoms with van der Waals surface area (Å²) in [5, 5.41) is 4.51. The summed E-state index contributed by atoms with van der Waals surface area (Å²) in [6.45, 7) is 2.19. The topological polar surface area (TPSA) is 61.6 Å². The van der Waals surface area contributed by atoms with Gasteiger partial charge in [0.2, 0.25) is 0 Å². The minimum absolute atomic E-state index is 0.00278. The zero-order chi connectivity index (χ0) is 16.8. The average Bonchev–Trinajstić information content (AvgIpc) is 3.26. The summed E-state index contributed by atoms with van der Waals surface area (Å²) in [5.74, 6) is 1.02. The van der Waals surface area contributed by atoms with Crippen LogP contribution in [0, 0.1) is 5.92 Å². The van der Waals surface area contributed by atoms with Crippen molar-refractivity contribution in [2.45, 2.75) is 32.5 Å². The summed E-state index contributed by atoms with van der Waals surface area (Å²) in [6, 6.07) is 9.16. The van der Waals surface area contributed by atoms with Crippen LogP contribution in [0.3, 0.4) is 0 Å². The highest BCUT2D eigenvalue weighted by molar-refractivity contribution is 6.31.